The molecule has 7 nitrogen and oxygen atoms in total. The normalized spacial score (nSPS) is 10.5. The van der Waals surface area contributed by atoms with E-state index in [0.29, 0.717) is 36.6 Å². The summed E-state index contributed by atoms with van der Waals surface area (Å²) in [6.45, 7) is 1.06. The first-order valence-corrected chi connectivity index (χ1v) is 8.75. The van der Waals surface area contributed by atoms with E-state index in [9.17, 15) is 9.18 Å². The van der Waals surface area contributed by atoms with Crippen LogP contribution in [0.2, 0.25) is 0 Å². The number of benzene rings is 2. The van der Waals surface area contributed by atoms with Gasteiger partial charge >= 0.3 is 0 Å². The van der Waals surface area contributed by atoms with Gasteiger partial charge in [-0.25, -0.2) is 9.37 Å². The molecule has 0 spiro atoms. The molecule has 3 aromatic rings. The van der Waals surface area contributed by atoms with Crippen LogP contribution in [0.5, 0.6) is 0 Å². The monoisotopic (exact) mass is 380 g/mol. The van der Waals surface area contributed by atoms with Gasteiger partial charge in [-0.2, -0.15) is 4.98 Å². The number of carbonyl (C=O) groups excluding carboxylic acids is 1. The first-order chi connectivity index (χ1) is 13.5. The number of amides is 1. The van der Waals surface area contributed by atoms with E-state index in [1.54, 1.807) is 6.20 Å². The predicted molar refractivity (Wildman–Crippen MR) is 107 cm³/mol. The van der Waals surface area contributed by atoms with E-state index in [2.05, 4.69) is 20.6 Å². The number of hydrogen-bond donors (Lipinski definition) is 4. The Bertz CT molecular complexity index is 944. The SMILES string of the molecule is Nc1ncc(NCc2ccc(CCNC(=O)c3ccc(F)cc3)cc2)c(N)n1. The Morgan fingerprint density at radius 3 is 2.36 bits per heavy atom. The van der Waals surface area contributed by atoms with Crippen LogP contribution in [-0.4, -0.2) is 22.4 Å². The van der Waals surface area contributed by atoms with E-state index in [4.69, 9.17) is 11.5 Å². The maximum Gasteiger partial charge on any atom is 0.251 e. The highest BCUT2D eigenvalue weighted by atomic mass is 19.1. The Hall–Kier alpha value is -3.68. The largest absolute Gasteiger partial charge is 0.382 e. The number of nitrogens with one attached hydrogen (secondary N) is 2. The Balaban J connectivity index is 1.46. The maximum atomic E-state index is 12.9. The van der Waals surface area contributed by atoms with Gasteiger partial charge in [0.1, 0.15) is 5.82 Å². The number of anilines is 3. The summed E-state index contributed by atoms with van der Waals surface area (Å²) in [5, 5.41) is 5.99. The average molecular weight is 380 g/mol. The molecule has 0 unspecified atom stereocenters. The highest BCUT2D eigenvalue weighted by Crippen LogP contribution is 2.16. The lowest BCUT2D eigenvalue weighted by atomic mass is 10.1. The number of nitrogens with two attached hydrogens (primary N) is 2. The van der Waals surface area contributed by atoms with E-state index in [1.165, 1.54) is 24.3 Å². The Morgan fingerprint density at radius 2 is 1.68 bits per heavy atom. The van der Waals surface area contributed by atoms with E-state index in [0.717, 1.165) is 11.1 Å². The predicted octanol–water partition coefficient (Wildman–Crippen LogP) is 2.36. The van der Waals surface area contributed by atoms with Crippen molar-refractivity contribution in [3.8, 4) is 0 Å². The molecule has 0 radical (unpaired) electrons. The fourth-order valence-electron chi connectivity index (χ4n) is 2.59. The molecule has 28 heavy (non-hydrogen) atoms. The summed E-state index contributed by atoms with van der Waals surface area (Å²) < 4.78 is 12.9. The van der Waals surface area contributed by atoms with Gasteiger partial charge in [0.05, 0.1) is 11.9 Å². The second kappa shape index (κ2) is 8.81. The van der Waals surface area contributed by atoms with Crippen LogP contribution in [0.1, 0.15) is 21.5 Å². The van der Waals surface area contributed by atoms with Crippen molar-refractivity contribution in [1.29, 1.82) is 0 Å². The van der Waals surface area contributed by atoms with Crippen molar-refractivity contribution in [3.05, 3.63) is 77.2 Å². The third-order valence-electron chi connectivity index (χ3n) is 4.15. The molecular weight excluding hydrogens is 359 g/mol. The van der Waals surface area contributed by atoms with Crippen LogP contribution in [0.25, 0.3) is 0 Å². The number of nitrogen functional groups attached to an aromatic ring is 2. The molecule has 6 N–H and O–H groups in total. The minimum Gasteiger partial charge on any atom is -0.382 e. The summed E-state index contributed by atoms with van der Waals surface area (Å²) in [6, 6.07) is 13.5. The number of nitrogens with zero attached hydrogens (tertiary/aromatic N) is 2. The van der Waals surface area contributed by atoms with Gasteiger partial charge < -0.3 is 22.1 Å². The topological polar surface area (TPSA) is 119 Å². The molecule has 0 fully saturated rings. The smallest absolute Gasteiger partial charge is 0.251 e. The van der Waals surface area contributed by atoms with Crippen LogP contribution in [0.15, 0.2) is 54.7 Å². The molecule has 0 saturated carbocycles. The van der Waals surface area contributed by atoms with Gasteiger partial charge in [0, 0.05) is 18.7 Å². The van der Waals surface area contributed by atoms with E-state index in [1.807, 2.05) is 24.3 Å². The Labute approximate surface area is 162 Å². The summed E-state index contributed by atoms with van der Waals surface area (Å²) in [6.07, 6.45) is 2.25. The van der Waals surface area contributed by atoms with Crippen LogP contribution in [0.3, 0.4) is 0 Å². The van der Waals surface area contributed by atoms with Crippen molar-refractivity contribution < 1.29 is 9.18 Å². The fourth-order valence-corrected chi connectivity index (χ4v) is 2.59. The molecule has 0 saturated heterocycles. The molecule has 0 atom stereocenters. The van der Waals surface area contributed by atoms with Gasteiger partial charge in [-0.1, -0.05) is 24.3 Å². The average Bonchev–Trinajstić information content (AvgIpc) is 2.69. The Kier molecular flexibility index (Phi) is 6.01. The number of rotatable bonds is 7. The zero-order valence-electron chi connectivity index (χ0n) is 15.2. The molecular formula is C20H21FN6O. The lowest BCUT2D eigenvalue weighted by Gasteiger charge is -2.09. The lowest BCUT2D eigenvalue weighted by Crippen LogP contribution is -2.25. The molecule has 1 aromatic heterocycles. The van der Waals surface area contributed by atoms with Gasteiger partial charge in [-0.3, -0.25) is 4.79 Å². The van der Waals surface area contributed by atoms with Crippen molar-refractivity contribution in [2.24, 2.45) is 0 Å². The van der Waals surface area contributed by atoms with Crippen molar-refractivity contribution in [2.75, 3.05) is 23.3 Å². The summed E-state index contributed by atoms with van der Waals surface area (Å²) in [7, 11) is 0. The van der Waals surface area contributed by atoms with Gasteiger partial charge in [0.25, 0.3) is 5.91 Å². The maximum absolute atomic E-state index is 12.9. The summed E-state index contributed by atoms with van der Waals surface area (Å²) in [5.74, 6) is -0.137. The molecule has 0 aliphatic rings. The molecule has 8 heteroatoms. The highest BCUT2D eigenvalue weighted by Gasteiger charge is 2.05. The number of aromatic nitrogens is 2. The third-order valence-corrected chi connectivity index (χ3v) is 4.15. The van der Waals surface area contributed by atoms with Crippen molar-refractivity contribution in [2.45, 2.75) is 13.0 Å². The minimum absolute atomic E-state index is 0.138. The van der Waals surface area contributed by atoms with Crippen LogP contribution in [0.4, 0.5) is 21.8 Å². The summed E-state index contributed by atoms with van der Waals surface area (Å²) in [5.41, 5.74) is 14.5. The highest BCUT2D eigenvalue weighted by molar-refractivity contribution is 5.94. The van der Waals surface area contributed by atoms with Crippen molar-refractivity contribution in [1.82, 2.24) is 15.3 Å². The molecule has 3 rings (SSSR count). The number of hydrogen-bond acceptors (Lipinski definition) is 6. The van der Waals surface area contributed by atoms with E-state index in [-0.39, 0.29) is 17.7 Å². The summed E-state index contributed by atoms with van der Waals surface area (Å²) >= 11 is 0. The van der Waals surface area contributed by atoms with Crippen molar-refractivity contribution >= 4 is 23.4 Å². The minimum atomic E-state index is -0.363. The van der Waals surface area contributed by atoms with Crippen molar-refractivity contribution in [3.63, 3.8) is 0 Å². The lowest BCUT2D eigenvalue weighted by molar-refractivity contribution is 0.0954. The molecule has 0 bridgehead atoms. The quantitative estimate of drug-likeness (QED) is 0.500. The van der Waals surface area contributed by atoms with Gasteiger partial charge in [-0.15, -0.1) is 0 Å². The molecule has 1 amide bonds. The molecule has 2 aromatic carbocycles. The number of carbonyl (C=O) groups is 1. The zero-order chi connectivity index (χ0) is 19.9. The van der Waals surface area contributed by atoms with E-state index < -0.39 is 0 Å². The zero-order valence-corrected chi connectivity index (χ0v) is 15.2. The fraction of sp³-hybridized carbons (Fsp3) is 0.150. The van der Waals surface area contributed by atoms with Crippen LogP contribution < -0.4 is 22.1 Å². The first kappa shape index (κ1) is 19.1. The van der Waals surface area contributed by atoms with Crippen LogP contribution >= 0.6 is 0 Å². The van der Waals surface area contributed by atoms with Gasteiger partial charge in [0.2, 0.25) is 5.95 Å². The second-order valence-electron chi connectivity index (χ2n) is 6.21. The Morgan fingerprint density at radius 1 is 1.00 bits per heavy atom. The molecule has 1 heterocycles. The van der Waals surface area contributed by atoms with E-state index >= 15 is 0 Å². The van der Waals surface area contributed by atoms with Gasteiger partial charge in [-0.05, 0) is 41.8 Å². The second-order valence-corrected chi connectivity index (χ2v) is 6.21. The molecule has 0 aliphatic heterocycles. The standard InChI is InChI=1S/C20H21FN6O/c21-16-7-5-15(6-8-16)19(28)24-10-9-13-1-3-14(4-2-13)11-25-17-12-26-20(23)27-18(17)22/h1-8,12,25H,9-11H2,(H,24,28)(H4,22,23,26,27). The number of halogens is 1. The van der Waals surface area contributed by atoms with Gasteiger partial charge in [0.15, 0.2) is 5.82 Å². The van der Waals surface area contributed by atoms with Crippen LogP contribution in [0, 0.1) is 5.82 Å². The first-order valence-electron chi connectivity index (χ1n) is 8.75. The molecule has 144 valence electrons. The third kappa shape index (κ3) is 5.16. The van der Waals surface area contributed by atoms with Crippen LogP contribution in [-0.2, 0) is 13.0 Å². The summed E-state index contributed by atoms with van der Waals surface area (Å²) in [4.78, 5) is 19.8. The molecule has 0 aliphatic carbocycles.